The Morgan fingerprint density at radius 1 is 1.18 bits per heavy atom. The summed E-state index contributed by atoms with van der Waals surface area (Å²) in [5.74, 6) is -0.309. The third-order valence-electron chi connectivity index (χ3n) is 4.04. The average molecular weight is 419 g/mol. The number of carbonyl (C=O) groups excluding carboxylic acids is 1. The maximum Gasteiger partial charge on any atom is 0.261 e. The van der Waals surface area contributed by atoms with Crippen LogP contribution in [0.2, 0.25) is 0 Å². The fraction of sp³-hybridized carbons (Fsp3) is 0.167. The van der Waals surface area contributed by atoms with Gasteiger partial charge in [0.05, 0.1) is 21.0 Å². The van der Waals surface area contributed by atoms with Gasteiger partial charge in [-0.1, -0.05) is 23.9 Å². The lowest BCUT2D eigenvalue weighted by Crippen LogP contribution is -2.25. The van der Waals surface area contributed by atoms with Crippen molar-refractivity contribution in [1.29, 1.82) is 0 Å². The molecule has 3 aromatic rings. The second-order valence-corrected chi connectivity index (χ2v) is 8.96. The predicted octanol–water partition coefficient (Wildman–Crippen LogP) is 1.70. The van der Waals surface area contributed by atoms with Crippen LogP contribution in [0, 0.1) is 0 Å². The molecule has 146 valence electrons. The zero-order valence-corrected chi connectivity index (χ0v) is 16.8. The van der Waals surface area contributed by atoms with Crippen LogP contribution in [0.1, 0.15) is 6.92 Å². The van der Waals surface area contributed by atoms with Crippen LogP contribution in [0.4, 0.5) is 5.69 Å². The van der Waals surface area contributed by atoms with Crippen LogP contribution in [0.15, 0.2) is 63.4 Å². The summed E-state index contributed by atoms with van der Waals surface area (Å²) in [4.78, 5) is 29.4. The molecule has 0 fully saturated rings. The minimum absolute atomic E-state index is 0.0386. The van der Waals surface area contributed by atoms with Gasteiger partial charge in [0.15, 0.2) is 5.16 Å². The van der Waals surface area contributed by atoms with Crippen molar-refractivity contribution >= 4 is 44.3 Å². The van der Waals surface area contributed by atoms with E-state index in [1.807, 2.05) is 0 Å². The Bertz CT molecular complexity index is 1200. The number of para-hydroxylation sites is 1. The Hall–Kier alpha value is -2.69. The number of fused-ring (bicyclic) bond motifs is 1. The smallest absolute Gasteiger partial charge is 0.261 e. The highest BCUT2D eigenvalue weighted by Gasteiger charge is 2.18. The third kappa shape index (κ3) is 4.24. The van der Waals surface area contributed by atoms with Gasteiger partial charge >= 0.3 is 0 Å². The van der Waals surface area contributed by atoms with Crippen LogP contribution in [0.25, 0.3) is 10.9 Å². The lowest BCUT2D eigenvalue weighted by Gasteiger charge is -2.14. The van der Waals surface area contributed by atoms with Gasteiger partial charge in [0.2, 0.25) is 15.9 Å². The molecular weight excluding hydrogens is 400 g/mol. The zero-order chi connectivity index (χ0) is 20.5. The van der Waals surface area contributed by atoms with Gasteiger partial charge in [-0.2, -0.15) is 0 Å². The second kappa shape index (κ2) is 7.74. The summed E-state index contributed by atoms with van der Waals surface area (Å²) >= 11 is 1.16. The van der Waals surface area contributed by atoms with Crippen molar-refractivity contribution in [3.8, 4) is 0 Å². The molecule has 3 rings (SSSR count). The number of hydrogen-bond acceptors (Lipinski definition) is 6. The van der Waals surface area contributed by atoms with Crippen LogP contribution in [-0.4, -0.2) is 29.1 Å². The van der Waals surface area contributed by atoms with Crippen LogP contribution in [0.5, 0.6) is 0 Å². The summed E-state index contributed by atoms with van der Waals surface area (Å²) in [6.07, 6.45) is 0. The molecule has 3 N–H and O–H groups in total. The van der Waals surface area contributed by atoms with Gasteiger partial charge in [-0.3, -0.25) is 14.2 Å². The molecule has 0 aliphatic heterocycles. The van der Waals surface area contributed by atoms with Gasteiger partial charge in [-0.05, 0) is 43.3 Å². The van der Waals surface area contributed by atoms with Crippen LogP contribution in [-0.2, 0) is 21.9 Å². The van der Waals surface area contributed by atoms with Crippen LogP contribution in [0.3, 0.4) is 0 Å². The number of thioether (sulfide) groups is 1. The first-order valence-corrected chi connectivity index (χ1v) is 10.7. The number of nitrogens with zero attached hydrogens (tertiary/aromatic N) is 2. The van der Waals surface area contributed by atoms with Gasteiger partial charge in [0.25, 0.3) is 5.56 Å². The number of nitrogens with one attached hydrogen (secondary N) is 1. The Labute approximate surface area is 165 Å². The molecule has 1 amide bonds. The highest BCUT2D eigenvalue weighted by atomic mass is 32.2. The standard InChI is InChI=1S/C18H18N4O4S2/c1-11(16(23)20-12-7-9-13(10-8-12)28(19,25)26)27-18-21-15-6-4-3-5-14(15)17(24)22(18)2/h3-11H,1-2H3,(H,20,23)(H2,19,25,26). The summed E-state index contributed by atoms with van der Waals surface area (Å²) in [6, 6.07) is 12.6. The Morgan fingerprint density at radius 2 is 1.82 bits per heavy atom. The molecule has 1 unspecified atom stereocenters. The predicted molar refractivity (Wildman–Crippen MR) is 109 cm³/mol. The number of primary sulfonamides is 1. The van der Waals surface area contributed by atoms with E-state index in [9.17, 15) is 18.0 Å². The number of anilines is 1. The fourth-order valence-electron chi connectivity index (χ4n) is 2.49. The molecule has 0 saturated heterocycles. The van der Waals surface area contributed by atoms with E-state index in [4.69, 9.17) is 5.14 Å². The van der Waals surface area contributed by atoms with Gasteiger partial charge in [-0.15, -0.1) is 0 Å². The van der Waals surface area contributed by atoms with Gasteiger partial charge in [0.1, 0.15) is 0 Å². The molecular formula is C18H18N4O4S2. The van der Waals surface area contributed by atoms with Crippen molar-refractivity contribution in [2.24, 2.45) is 12.2 Å². The van der Waals surface area contributed by atoms with E-state index >= 15 is 0 Å². The van der Waals surface area contributed by atoms with Crippen LogP contribution >= 0.6 is 11.8 Å². The number of sulfonamides is 1. The minimum Gasteiger partial charge on any atom is -0.325 e. The minimum atomic E-state index is -3.79. The van der Waals surface area contributed by atoms with E-state index in [0.29, 0.717) is 21.7 Å². The Morgan fingerprint density at radius 3 is 2.46 bits per heavy atom. The van der Waals surface area contributed by atoms with E-state index in [1.54, 1.807) is 38.2 Å². The molecule has 8 nitrogen and oxygen atoms in total. The first kappa shape index (κ1) is 20.1. The average Bonchev–Trinajstić information content (AvgIpc) is 2.65. The first-order chi connectivity index (χ1) is 13.2. The van der Waals surface area contributed by atoms with Crippen molar-refractivity contribution in [2.75, 3.05) is 5.32 Å². The number of rotatable bonds is 5. The largest absolute Gasteiger partial charge is 0.325 e. The molecule has 10 heteroatoms. The Balaban J connectivity index is 1.77. The monoisotopic (exact) mass is 418 g/mol. The molecule has 0 bridgehead atoms. The molecule has 2 aromatic carbocycles. The molecule has 0 aliphatic rings. The summed E-state index contributed by atoms with van der Waals surface area (Å²) in [6.45, 7) is 1.69. The van der Waals surface area contributed by atoms with Crippen LogP contribution < -0.4 is 16.0 Å². The lowest BCUT2D eigenvalue weighted by atomic mass is 10.2. The second-order valence-electron chi connectivity index (χ2n) is 6.09. The summed E-state index contributed by atoms with van der Waals surface area (Å²) in [7, 11) is -2.18. The van der Waals surface area contributed by atoms with E-state index in [1.165, 1.54) is 28.8 Å². The first-order valence-electron chi connectivity index (χ1n) is 8.23. The van der Waals surface area contributed by atoms with E-state index in [0.717, 1.165) is 11.8 Å². The normalized spacial score (nSPS) is 12.7. The molecule has 1 aromatic heterocycles. The van der Waals surface area contributed by atoms with Gasteiger partial charge < -0.3 is 5.32 Å². The Kier molecular flexibility index (Phi) is 5.54. The third-order valence-corrected chi connectivity index (χ3v) is 6.12. The van der Waals surface area contributed by atoms with Crippen molar-refractivity contribution in [1.82, 2.24) is 9.55 Å². The van der Waals surface area contributed by atoms with E-state index in [-0.39, 0.29) is 16.4 Å². The number of nitrogens with two attached hydrogens (primary N) is 1. The fourth-order valence-corrected chi connectivity index (χ4v) is 3.88. The molecule has 0 saturated carbocycles. The summed E-state index contributed by atoms with van der Waals surface area (Å²) in [5, 5.41) is 8.15. The number of aromatic nitrogens is 2. The molecule has 0 radical (unpaired) electrons. The molecule has 28 heavy (non-hydrogen) atoms. The van der Waals surface area contributed by atoms with Gasteiger partial charge in [-0.25, -0.2) is 18.5 Å². The van der Waals surface area contributed by atoms with Crippen molar-refractivity contribution in [3.05, 3.63) is 58.9 Å². The van der Waals surface area contributed by atoms with Crippen molar-refractivity contribution < 1.29 is 13.2 Å². The van der Waals surface area contributed by atoms with E-state index < -0.39 is 15.3 Å². The topological polar surface area (TPSA) is 124 Å². The van der Waals surface area contributed by atoms with E-state index in [2.05, 4.69) is 10.3 Å². The SMILES string of the molecule is CC(Sc1nc2ccccc2c(=O)n1C)C(=O)Nc1ccc(S(N)(=O)=O)cc1. The molecule has 0 aliphatic carbocycles. The molecule has 0 spiro atoms. The highest BCUT2D eigenvalue weighted by molar-refractivity contribution is 8.00. The molecule has 1 heterocycles. The highest BCUT2D eigenvalue weighted by Crippen LogP contribution is 2.23. The number of amides is 1. The maximum absolute atomic E-state index is 12.5. The summed E-state index contributed by atoms with van der Waals surface area (Å²) in [5.41, 5.74) is 0.823. The summed E-state index contributed by atoms with van der Waals surface area (Å²) < 4.78 is 24.0. The lowest BCUT2D eigenvalue weighted by molar-refractivity contribution is -0.115. The molecule has 1 atom stereocenters. The number of benzene rings is 2. The zero-order valence-electron chi connectivity index (χ0n) is 15.1. The quantitative estimate of drug-likeness (QED) is 0.480. The maximum atomic E-state index is 12.5. The van der Waals surface area contributed by atoms with Crippen molar-refractivity contribution in [3.63, 3.8) is 0 Å². The number of carbonyl (C=O) groups is 1. The van der Waals surface area contributed by atoms with Crippen molar-refractivity contribution in [2.45, 2.75) is 22.2 Å². The van der Waals surface area contributed by atoms with Gasteiger partial charge in [0, 0.05) is 12.7 Å². The number of hydrogen-bond donors (Lipinski definition) is 2.